The summed E-state index contributed by atoms with van der Waals surface area (Å²) in [6.45, 7) is 7.73. The van der Waals surface area contributed by atoms with Crippen LogP contribution in [0.4, 0.5) is 5.69 Å². The summed E-state index contributed by atoms with van der Waals surface area (Å²) in [7, 11) is 1.86. The van der Waals surface area contributed by atoms with Gasteiger partial charge in [-0.15, -0.1) is 0 Å². The van der Waals surface area contributed by atoms with Gasteiger partial charge in [0.15, 0.2) is 5.96 Å². The van der Waals surface area contributed by atoms with E-state index in [-0.39, 0.29) is 0 Å². The summed E-state index contributed by atoms with van der Waals surface area (Å²) < 4.78 is 0. The Morgan fingerprint density at radius 3 is 2.65 bits per heavy atom. The number of anilines is 1. The second-order valence-electron chi connectivity index (χ2n) is 7.03. The molecule has 0 saturated carbocycles. The van der Waals surface area contributed by atoms with Gasteiger partial charge in [0.05, 0.1) is 0 Å². The molecule has 1 aromatic rings. The third kappa shape index (κ3) is 6.09. The van der Waals surface area contributed by atoms with Gasteiger partial charge in [-0.3, -0.25) is 9.89 Å². The van der Waals surface area contributed by atoms with Crippen molar-refractivity contribution in [2.45, 2.75) is 24.5 Å². The molecule has 2 aliphatic rings. The highest BCUT2D eigenvalue weighted by molar-refractivity contribution is 8.00. The van der Waals surface area contributed by atoms with Crippen LogP contribution in [0.1, 0.15) is 19.3 Å². The van der Waals surface area contributed by atoms with E-state index in [0.29, 0.717) is 0 Å². The highest BCUT2D eigenvalue weighted by atomic mass is 32.2. The fourth-order valence-electron chi connectivity index (χ4n) is 3.61. The first-order chi connectivity index (χ1) is 12.8. The first-order valence-electron chi connectivity index (χ1n) is 9.93. The van der Waals surface area contributed by atoms with E-state index in [0.717, 1.165) is 63.4 Å². The molecule has 0 bridgehead atoms. The monoisotopic (exact) mass is 375 g/mol. The van der Waals surface area contributed by atoms with E-state index in [9.17, 15) is 0 Å². The van der Waals surface area contributed by atoms with Crippen molar-refractivity contribution in [3.63, 3.8) is 0 Å². The lowest BCUT2D eigenvalue weighted by Gasteiger charge is -2.36. The molecule has 2 N–H and O–H groups in total. The van der Waals surface area contributed by atoms with Crippen molar-refractivity contribution in [3.05, 3.63) is 30.3 Å². The Morgan fingerprint density at radius 1 is 1.15 bits per heavy atom. The number of benzene rings is 1. The summed E-state index contributed by atoms with van der Waals surface area (Å²) in [5, 5.41) is 7.69. The van der Waals surface area contributed by atoms with Gasteiger partial charge in [0.25, 0.3) is 0 Å². The van der Waals surface area contributed by atoms with Crippen LogP contribution in [0.15, 0.2) is 35.3 Å². The zero-order valence-electron chi connectivity index (χ0n) is 16.0. The third-order valence-corrected chi connectivity index (χ3v) is 6.58. The molecule has 3 rings (SSSR count). The smallest absolute Gasteiger partial charge is 0.191 e. The van der Waals surface area contributed by atoms with Crippen LogP contribution in [0.25, 0.3) is 0 Å². The van der Waals surface area contributed by atoms with Crippen molar-refractivity contribution in [2.24, 2.45) is 4.99 Å². The second-order valence-corrected chi connectivity index (χ2v) is 8.44. The number of piperazine rings is 1. The van der Waals surface area contributed by atoms with Crippen LogP contribution >= 0.6 is 11.8 Å². The summed E-state index contributed by atoms with van der Waals surface area (Å²) in [5.74, 6) is 2.27. The number of para-hydroxylation sites is 1. The SMILES string of the molecule is CN=C(NCCCN1CCN(c2ccccc2)CC1)NCC1CCCS1. The van der Waals surface area contributed by atoms with Crippen molar-refractivity contribution < 1.29 is 0 Å². The standard InChI is InChI=1S/C20H33N5S/c1-21-20(23-17-19-9-5-16-26-19)22-10-6-11-24-12-14-25(15-13-24)18-7-3-2-4-8-18/h2-4,7-8,19H,5-6,9-17H2,1H3,(H2,21,22,23). The van der Waals surface area contributed by atoms with Crippen molar-refractivity contribution in [3.8, 4) is 0 Å². The van der Waals surface area contributed by atoms with E-state index in [1.54, 1.807) is 0 Å². The first-order valence-corrected chi connectivity index (χ1v) is 11.0. The lowest BCUT2D eigenvalue weighted by molar-refractivity contribution is 0.255. The molecule has 2 fully saturated rings. The molecule has 1 atom stereocenters. The summed E-state index contributed by atoms with van der Waals surface area (Å²) in [6.07, 6.45) is 3.86. The average Bonchev–Trinajstić information content (AvgIpc) is 3.22. The van der Waals surface area contributed by atoms with Gasteiger partial charge in [-0.25, -0.2) is 0 Å². The fourth-order valence-corrected chi connectivity index (χ4v) is 4.82. The number of nitrogens with one attached hydrogen (secondary N) is 2. The number of rotatable bonds is 7. The average molecular weight is 376 g/mol. The van der Waals surface area contributed by atoms with Gasteiger partial charge in [0.1, 0.15) is 0 Å². The summed E-state index contributed by atoms with van der Waals surface area (Å²) in [5.41, 5.74) is 1.35. The number of aliphatic imine (C=N–C) groups is 1. The highest BCUT2D eigenvalue weighted by Gasteiger charge is 2.17. The van der Waals surface area contributed by atoms with E-state index in [4.69, 9.17) is 0 Å². The minimum Gasteiger partial charge on any atom is -0.369 e. The maximum atomic E-state index is 4.34. The molecular weight excluding hydrogens is 342 g/mol. The second kappa shape index (κ2) is 10.7. The topological polar surface area (TPSA) is 42.9 Å². The van der Waals surface area contributed by atoms with E-state index in [1.807, 2.05) is 7.05 Å². The fraction of sp³-hybridized carbons (Fsp3) is 0.650. The van der Waals surface area contributed by atoms with E-state index in [1.165, 1.54) is 24.3 Å². The van der Waals surface area contributed by atoms with Crippen LogP contribution in [-0.2, 0) is 0 Å². The molecule has 0 spiro atoms. The Bertz CT molecular complexity index is 536. The van der Waals surface area contributed by atoms with Gasteiger partial charge in [-0.1, -0.05) is 18.2 Å². The zero-order valence-corrected chi connectivity index (χ0v) is 16.8. The molecule has 0 aromatic heterocycles. The quantitative estimate of drug-likeness (QED) is 0.435. The Labute approximate surface area is 162 Å². The van der Waals surface area contributed by atoms with Gasteiger partial charge in [0.2, 0.25) is 0 Å². The number of hydrogen-bond acceptors (Lipinski definition) is 4. The molecule has 1 aromatic carbocycles. The normalized spacial score (nSPS) is 21.8. The third-order valence-electron chi connectivity index (χ3n) is 5.18. The first kappa shape index (κ1) is 19.4. The van der Waals surface area contributed by atoms with Gasteiger partial charge >= 0.3 is 0 Å². The van der Waals surface area contributed by atoms with Gasteiger partial charge in [-0.2, -0.15) is 11.8 Å². The lowest BCUT2D eigenvalue weighted by atomic mass is 10.2. The molecule has 6 heteroatoms. The molecular formula is C20H33N5S. The molecule has 5 nitrogen and oxygen atoms in total. The maximum Gasteiger partial charge on any atom is 0.191 e. The molecule has 2 aliphatic heterocycles. The van der Waals surface area contributed by atoms with E-state index >= 15 is 0 Å². The predicted octanol–water partition coefficient (Wildman–Crippen LogP) is 2.26. The zero-order chi connectivity index (χ0) is 18.0. The Morgan fingerprint density at radius 2 is 1.96 bits per heavy atom. The maximum absolute atomic E-state index is 4.34. The molecule has 0 aliphatic carbocycles. The predicted molar refractivity (Wildman–Crippen MR) is 115 cm³/mol. The molecule has 1 unspecified atom stereocenters. The Kier molecular flexibility index (Phi) is 7.95. The van der Waals surface area contributed by atoms with Crippen molar-refractivity contribution >= 4 is 23.4 Å². The van der Waals surface area contributed by atoms with Crippen LogP contribution < -0.4 is 15.5 Å². The summed E-state index contributed by atoms with van der Waals surface area (Å²) in [4.78, 5) is 9.41. The molecule has 0 amide bonds. The van der Waals surface area contributed by atoms with Crippen LogP contribution in [-0.4, -0.2) is 74.7 Å². The molecule has 26 heavy (non-hydrogen) atoms. The molecule has 144 valence electrons. The molecule has 0 radical (unpaired) electrons. The summed E-state index contributed by atoms with van der Waals surface area (Å²) >= 11 is 2.08. The molecule has 2 saturated heterocycles. The van der Waals surface area contributed by atoms with Crippen LogP contribution in [0, 0.1) is 0 Å². The van der Waals surface area contributed by atoms with Gasteiger partial charge < -0.3 is 15.5 Å². The van der Waals surface area contributed by atoms with Gasteiger partial charge in [0, 0.05) is 57.3 Å². The molecule has 2 heterocycles. The summed E-state index contributed by atoms with van der Waals surface area (Å²) in [6, 6.07) is 10.8. The number of thioether (sulfide) groups is 1. The van der Waals surface area contributed by atoms with Crippen LogP contribution in [0.3, 0.4) is 0 Å². The van der Waals surface area contributed by atoms with Crippen molar-refractivity contribution in [1.82, 2.24) is 15.5 Å². The van der Waals surface area contributed by atoms with Gasteiger partial charge in [-0.05, 0) is 43.7 Å². The van der Waals surface area contributed by atoms with Crippen molar-refractivity contribution in [2.75, 3.05) is 63.5 Å². The minimum atomic E-state index is 0.759. The van der Waals surface area contributed by atoms with Crippen LogP contribution in [0.2, 0.25) is 0 Å². The van der Waals surface area contributed by atoms with E-state index < -0.39 is 0 Å². The Balaban J connectivity index is 1.27. The van der Waals surface area contributed by atoms with Crippen molar-refractivity contribution in [1.29, 1.82) is 0 Å². The van der Waals surface area contributed by atoms with Crippen LogP contribution in [0.5, 0.6) is 0 Å². The number of hydrogen-bond donors (Lipinski definition) is 2. The largest absolute Gasteiger partial charge is 0.369 e. The number of nitrogens with zero attached hydrogens (tertiary/aromatic N) is 3. The Hall–Kier alpha value is -1.40. The van der Waals surface area contributed by atoms with E-state index in [2.05, 4.69) is 67.5 Å². The lowest BCUT2D eigenvalue weighted by Crippen LogP contribution is -2.47. The number of guanidine groups is 1. The highest BCUT2D eigenvalue weighted by Crippen LogP contribution is 2.25. The minimum absolute atomic E-state index is 0.759.